The van der Waals surface area contributed by atoms with E-state index in [-0.39, 0.29) is 0 Å². The Balaban J connectivity index is 1.67. The predicted molar refractivity (Wildman–Crippen MR) is 76.5 cm³/mol. The number of nitrogens with two attached hydrogens (primary N) is 1. The summed E-state index contributed by atoms with van der Waals surface area (Å²) in [6, 6.07) is 7.95. The zero-order valence-electron chi connectivity index (χ0n) is 11.1. The zero-order chi connectivity index (χ0) is 13.9. The molecule has 0 fully saturated rings. The van der Waals surface area contributed by atoms with Gasteiger partial charge in [0.25, 0.3) is 0 Å². The molecule has 2 heterocycles. The van der Waals surface area contributed by atoms with Crippen LogP contribution in [0.25, 0.3) is 11.2 Å². The van der Waals surface area contributed by atoms with Crippen molar-refractivity contribution in [3.8, 4) is 5.75 Å². The van der Waals surface area contributed by atoms with E-state index in [2.05, 4.69) is 19.9 Å². The molecule has 0 unspecified atom stereocenters. The van der Waals surface area contributed by atoms with Gasteiger partial charge < -0.3 is 15.5 Å². The first-order chi connectivity index (χ1) is 9.72. The molecule has 0 aliphatic rings. The summed E-state index contributed by atoms with van der Waals surface area (Å²) < 4.78 is 5.69. The van der Waals surface area contributed by atoms with Crippen LogP contribution in [0.4, 0.5) is 5.82 Å². The van der Waals surface area contributed by atoms with Crippen LogP contribution in [0.15, 0.2) is 30.6 Å². The highest BCUT2D eigenvalue weighted by molar-refractivity contribution is 5.80. The largest absolute Gasteiger partial charge is 0.493 e. The van der Waals surface area contributed by atoms with Gasteiger partial charge in [-0.25, -0.2) is 15.0 Å². The highest BCUT2D eigenvalue weighted by atomic mass is 16.5. The summed E-state index contributed by atoms with van der Waals surface area (Å²) in [5.74, 6) is 2.06. The number of aryl methyl sites for hydroxylation is 1. The number of nitrogen functional groups attached to an aromatic ring is 1. The Morgan fingerprint density at radius 1 is 1.30 bits per heavy atom. The molecule has 20 heavy (non-hydrogen) atoms. The Morgan fingerprint density at radius 3 is 3.00 bits per heavy atom. The molecule has 6 heteroatoms. The molecule has 3 rings (SSSR count). The highest BCUT2D eigenvalue weighted by Gasteiger charge is 2.07. The standard InChI is InChI=1S/C14H15N5O/c1-9-3-2-4-10(7-9)20-6-5-11-18-12-13(15)16-8-17-14(12)19-11/h2-4,7-8H,5-6H2,1H3,(H3,15,16,17,18,19). The summed E-state index contributed by atoms with van der Waals surface area (Å²) in [5.41, 5.74) is 8.19. The zero-order valence-corrected chi connectivity index (χ0v) is 11.1. The molecular formula is C14H15N5O. The second-order valence-electron chi connectivity index (χ2n) is 4.56. The van der Waals surface area contributed by atoms with Crippen molar-refractivity contribution >= 4 is 17.0 Å². The van der Waals surface area contributed by atoms with Gasteiger partial charge in [-0.1, -0.05) is 12.1 Å². The second kappa shape index (κ2) is 5.16. The van der Waals surface area contributed by atoms with Gasteiger partial charge in [0.2, 0.25) is 0 Å². The summed E-state index contributed by atoms with van der Waals surface area (Å²) in [5, 5.41) is 0. The lowest BCUT2D eigenvalue weighted by Crippen LogP contribution is -2.02. The van der Waals surface area contributed by atoms with Crippen molar-refractivity contribution in [1.29, 1.82) is 0 Å². The van der Waals surface area contributed by atoms with Gasteiger partial charge in [0, 0.05) is 6.42 Å². The van der Waals surface area contributed by atoms with Crippen LogP contribution in [0.3, 0.4) is 0 Å². The van der Waals surface area contributed by atoms with Crippen molar-refractivity contribution in [1.82, 2.24) is 19.9 Å². The van der Waals surface area contributed by atoms with Crippen molar-refractivity contribution < 1.29 is 4.74 Å². The number of hydrogen-bond donors (Lipinski definition) is 2. The molecule has 0 atom stereocenters. The molecule has 0 aliphatic heterocycles. The highest BCUT2D eigenvalue weighted by Crippen LogP contribution is 2.15. The normalized spacial score (nSPS) is 10.8. The van der Waals surface area contributed by atoms with E-state index in [1.165, 1.54) is 11.9 Å². The molecule has 2 aromatic heterocycles. The van der Waals surface area contributed by atoms with E-state index in [1.54, 1.807) is 0 Å². The van der Waals surface area contributed by atoms with Crippen molar-refractivity contribution in [2.45, 2.75) is 13.3 Å². The van der Waals surface area contributed by atoms with Crippen LogP contribution in [-0.2, 0) is 6.42 Å². The third-order valence-electron chi connectivity index (χ3n) is 2.96. The number of aromatic nitrogens is 4. The van der Waals surface area contributed by atoms with Crippen LogP contribution < -0.4 is 10.5 Å². The maximum absolute atomic E-state index is 5.75. The average molecular weight is 269 g/mol. The fraction of sp³-hybridized carbons (Fsp3) is 0.214. The molecule has 0 bridgehead atoms. The molecule has 0 aliphatic carbocycles. The summed E-state index contributed by atoms with van der Waals surface area (Å²) in [6.07, 6.45) is 2.06. The fourth-order valence-electron chi connectivity index (χ4n) is 1.98. The molecular weight excluding hydrogens is 254 g/mol. The lowest BCUT2D eigenvalue weighted by atomic mass is 10.2. The number of anilines is 1. The molecule has 0 saturated carbocycles. The van der Waals surface area contributed by atoms with E-state index in [0.717, 1.165) is 11.6 Å². The lowest BCUT2D eigenvalue weighted by molar-refractivity contribution is 0.319. The minimum atomic E-state index is 0.411. The van der Waals surface area contributed by atoms with E-state index in [4.69, 9.17) is 10.5 Å². The number of rotatable bonds is 4. The Labute approximate surface area is 116 Å². The maximum Gasteiger partial charge on any atom is 0.183 e. The molecule has 102 valence electrons. The van der Waals surface area contributed by atoms with Crippen LogP contribution in [0.1, 0.15) is 11.4 Å². The van der Waals surface area contributed by atoms with Crippen molar-refractivity contribution in [2.75, 3.05) is 12.3 Å². The van der Waals surface area contributed by atoms with Gasteiger partial charge in [0.05, 0.1) is 6.61 Å². The number of imidazole rings is 1. The maximum atomic E-state index is 5.75. The van der Waals surface area contributed by atoms with Gasteiger partial charge in [-0.3, -0.25) is 0 Å². The fourth-order valence-corrected chi connectivity index (χ4v) is 1.98. The Kier molecular flexibility index (Phi) is 3.20. The van der Waals surface area contributed by atoms with Crippen LogP contribution in [0.2, 0.25) is 0 Å². The van der Waals surface area contributed by atoms with Gasteiger partial charge in [-0.05, 0) is 24.6 Å². The van der Waals surface area contributed by atoms with E-state index >= 15 is 0 Å². The van der Waals surface area contributed by atoms with Crippen LogP contribution in [-0.4, -0.2) is 26.5 Å². The number of benzene rings is 1. The minimum absolute atomic E-state index is 0.411. The SMILES string of the molecule is Cc1cccc(OCCc2nc3ncnc(N)c3[nH]2)c1. The number of H-pyrrole nitrogens is 1. The molecule has 0 amide bonds. The van der Waals surface area contributed by atoms with E-state index in [9.17, 15) is 0 Å². The number of nitrogens with one attached hydrogen (secondary N) is 1. The number of nitrogens with zero attached hydrogens (tertiary/aromatic N) is 3. The number of hydrogen-bond acceptors (Lipinski definition) is 5. The smallest absolute Gasteiger partial charge is 0.183 e. The van der Waals surface area contributed by atoms with Crippen LogP contribution >= 0.6 is 0 Å². The van der Waals surface area contributed by atoms with Crippen molar-refractivity contribution in [2.24, 2.45) is 0 Å². The third-order valence-corrected chi connectivity index (χ3v) is 2.96. The molecule has 0 spiro atoms. The quantitative estimate of drug-likeness (QED) is 0.754. The van der Waals surface area contributed by atoms with E-state index < -0.39 is 0 Å². The Hall–Kier alpha value is -2.63. The molecule has 0 radical (unpaired) electrons. The molecule has 0 saturated heterocycles. The molecule has 6 nitrogen and oxygen atoms in total. The summed E-state index contributed by atoms with van der Waals surface area (Å²) >= 11 is 0. The Morgan fingerprint density at radius 2 is 2.20 bits per heavy atom. The monoisotopic (exact) mass is 269 g/mol. The van der Waals surface area contributed by atoms with Crippen molar-refractivity contribution in [3.63, 3.8) is 0 Å². The minimum Gasteiger partial charge on any atom is -0.493 e. The topological polar surface area (TPSA) is 89.7 Å². The van der Waals surface area contributed by atoms with Gasteiger partial charge in [0.15, 0.2) is 11.5 Å². The average Bonchev–Trinajstić information content (AvgIpc) is 2.83. The van der Waals surface area contributed by atoms with E-state index in [1.807, 2.05) is 31.2 Å². The predicted octanol–water partition coefficient (Wildman–Crippen LogP) is 1.87. The van der Waals surface area contributed by atoms with Crippen LogP contribution in [0.5, 0.6) is 5.75 Å². The van der Waals surface area contributed by atoms with E-state index in [0.29, 0.717) is 30.0 Å². The summed E-state index contributed by atoms with van der Waals surface area (Å²) in [7, 11) is 0. The summed E-state index contributed by atoms with van der Waals surface area (Å²) in [4.78, 5) is 15.5. The number of ether oxygens (including phenoxy) is 1. The van der Waals surface area contributed by atoms with Gasteiger partial charge >= 0.3 is 0 Å². The Bertz CT molecular complexity index is 737. The van der Waals surface area contributed by atoms with Crippen molar-refractivity contribution in [3.05, 3.63) is 42.0 Å². The molecule has 3 aromatic rings. The first-order valence-electron chi connectivity index (χ1n) is 6.37. The first-order valence-corrected chi connectivity index (χ1v) is 6.37. The lowest BCUT2D eigenvalue weighted by Gasteiger charge is -2.05. The third kappa shape index (κ3) is 2.54. The molecule has 3 N–H and O–H groups in total. The number of fused-ring (bicyclic) bond motifs is 1. The van der Waals surface area contributed by atoms with Gasteiger partial charge in [-0.15, -0.1) is 0 Å². The van der Waals surface area contributed by atoms with Gasteiger partial charge in [0.1, 0.15) is 23.4 Å². The van der Waals surface area contributed by atoms with Crippen LogP contribution in [0, 0.1) is 6.92 Å². The number of aromatic amines is 1. The molecule has 1 aromatic carbocycles. The second-order valence-corrected chi connectivity index (χ2v) is 4.56. The summed E-state index contributed by atoms with van der Waals surface area (Å²) in [6.45, 7) is 2.57. The van der Waals surface area contributed by atoms with Gasteiger partial charge in [-0.2, -0.15) is 0 Å². The first kappa shape index (κ1) is 12.4.